The highest BCUT2D eigenvalue weighted by molar-refractivity contribution is 6.97. The number of nitrogens with zero attached hydrogens (tertiary/aromatic N) is 2. The first-order valence-electron chi connectivity index (χ1n) is 7.79. The molecule has 0 aliphatic carbocycles. The molecule has 0 atom stereocenters. The van der Waals surface area contributed by atoms with Crippen molar-refractivity contribution in [3.63, 3.8) is 0 Å². The third-order valence-corrected chi connectivity index (χ3v) is 17.1. The van der Waals surface area contributed by atoms with Crippen LogP contribution in [0.3, 0.4) is 0 Å². The van der Waals surface area contributed by atoms with Crippen LogP contribution in [0.5, 0.6) is 0 Å². The number of halogens is 1. The van der Waals surface area contributed by atoms with Gasteiger partial charge in [0.15, 0.2) is 0 Å². The van der Waals surface area contributed by atoms with Crippen LogP contribution in [-0.4, -0.2) is 48.8 Å². The molecule has 0 aromatic carbocycles. The van der Waals surface area contributed by atoms with Gasteiger partial charge in [-0.05, 0) is 0 Å². The fraction of sp³-hybridized carbons (Fsp3) is 1.00. The molecule has 0 bridgehead atoms. The van der Waals surface area contributed by atoms with Gasteiger partial charge in [0.1, 0.15) is 32.9 Å². The van der Waals surface area contributed by atoms with Crippen LogP contribution < -0.4 is 0 Å². The largest absolute Gasteiger partial charge is 0.599 e. The molecule has 9 heteroatoms. The van der Waals surface area contributed by atoms with E-state index < -0.39 is 40.3 Å². The first-order chi connectivity index (χ1) is 8.88. The molecule has 0 rings (SSSR count). The van der Waals surface area contributed by atoms with Crippen molar-refractivity contribution in [2.75, 3.05) is 0 Å². The summed E-state index contributed by atoms with van der Waals surface area (Å²) in [6, 6.07) is 0. The lowest BCUT2D eigenvalue weighted by atomic mass is 10.2. The highest BCUT2D eigenvalue weighted by Gasteiger charge is 2.48. The summed E-state index contributed by atoms with van der Waals surface area (Å²) in [6.07, 6.45) is 0. The zero-order chi connectivity index (χ0) is 17.4. The minimum Gasteiger partial charge on any atom is -0.330 e. The van der Waals surface area contributed by atoms with Crippen LogP contribution in [0, 0.1) is 0 Å². The maximum Gasteiger partial charge on any atom is 0.599 e. The molecule has 0 spiro atoms. The van der Waals surface area contributed by atoms with Crippen molar-refractivity contribution in [3.05, 3.63) is 0 Å². The predicted molar refractivity (Wildman–Crippen MR) is 105 cm³/mol. The van der Waals surface area contributed by atoms with E-state index in [-0.39, 0.29) is 0 Å². The second kappa shape index (κ2) is 6.70. The van der Waals surface area contributed by atoms with Gasteiger partial charge in [-0.2, -0.15) is 0 Å². The Balaban J connectivity index is 5.44. The molecule has 0 amide bonds. The molecular weight excluding hydrogens is 330 g/mol. The lowest BCUT2D eigenvalue weighted by Gasteiger charge is -2.48. The van der Waals surface area contributed by atoms with Gasteiger partial charge in [-0.1, -0.05) is 78.6 Å². The van der Waals surface area contributed by atoms with Crippen molar-refractivity contribution in [2.24, 2.45) is 0 Å². The van der Waals surface area contributed by atoms with Crippen LogP contribution in [0.4, 0.5) is 4.32 Å². The topological polar surface area (TPSA) is 15.7 Å². The van der Waals surface area contributed by atoms with Crippen molar-refractivity contribution in [2.45, 2.75) is 78.6 Å². The van der Waals surface area contributed by atoms with Crippen molar-refractivity contribution < 1.29 is 9.07 Å². The molecule has 0 saturated heterocycles. The Kier molecular flexibility index (Phi) is 6.93. The van der Waals surface area contributed by atoms with Crippen molar-refractivity contribution in [1.82, 2.24) is 8.54 Å². The van der Waals surface area contributed by atoms with E-state index in [4.69, 9.17) is 4.76 Å². The van der Waals surface area contributed by atoms with Crippen LogP contribution in [0.1, 0.15) is 0 Å². The van der Waals surface area contributed by atoms with Gasteiger partial charge >= 0.3 is 7.33 Å². The molecule has 0 fully saturated rings. The predicted octanol–water partition coefficient (Wildman–Crippen LogP) is 4.82. The third kappa shape index (κ3) is 6.80. The molecule has 0 radical (unpaired) electrons. The summed E-state index contributed by atoms with van der Waals surface area (Å²) >= 11 is 0. The van der Waals surface area contributed by atoms with Crippen molar-refractivity contribution in [3.8, 4) is 0 Å². The van der Waals surface area contributed by atoms with Crippen LogP contribution in [0.15, 0.2) is 0 Å². The second-order valence-electron chi connectivity index (χ2n) is 9.75. The normalized spacial score (nSPS) is 15.0. The fourth-order valence-corrected chi connectivity index (χ4v) is 21.3. The zero-order valence-electron chi connectivity index (χ0n) is 16.3. The minimum atomic E-state index is -1.77. The molecule has 0 N–H and O–H groups in total. The molecule has 0 aliphatic heterocycles. The molecule has 0 aromatic rings. The van der Waals surface area contributed by atoms with E-state index in [0.29, 0.717) is 0 Å². The molecular formula is C12H36BFN2OSi4. The van der Waals surface area contributed by atoms with Gasteiger partial charge in [-0.25, -0.2) is 4.39 Å². The van der Waals surface area contributed by atoms with E-state index in [1.54, 1.807) is 0 Å². The number of hydrogen-bond acceptors (Lipinski definition) is 3. The highest BCUT2D eigenvalue weighted by Crippen LogP contribution is 2.26. The Morgan fingerprint density at radius 2 is 0.905 bits per heavy atom. The number of hydrogen-bond donors (Lipinski definition) is 0. The molecule has 21 heavy (non-hydrogen) atoms. The van der Waals surface area contributed by atoms with E-state index >= 15 is 4.32 Å². The summed E-state index contributed by atoms with van der Waals surface area (Å²) in [5.41, 5.74) is 0. The minimum absolute atomic E-state index is 1.30. The lowest BCUT2D eigenvalue weighted by Crippen LogP contribution is -2.69. The van der Waals surface area contributed by atoms with Gasteiger partial charge < -0.3 is 8.90 Å². The summed E-state index contributed by atoms with van der Waals surface area (Å²) in [5.74, 6) is 0. The first-order valence-corrected chi connectivity index (χ1v) is 21.6. The summed E-state index contributed by atoms with van der Waals surface area (Å²) in [4.78, 5) is 0. The maximum absolute atomic E-state index is 15.1. The van der Waals surface area contributed by atoms with Crippen LogP contribution in [0.25, 0.3) is 0 Å². The van der Waals surface area contributed by atoms with Gasteiger partial charge in [-0.3, -0.25) is 4.32 Å². The first kappa shape index (κ1) is 21.7. The van der Waals surface area contributed by atoms with E-state index in [0.717, 1.165) is 0 Å². The molecule has 0 saturated carbocycles. The van der Waals surface area contributed by atoms with Gasteiger partial charge in [0.25, 0.3) is 0 Å². The molecule has 0 aliphatic rings. The van der Waals surface area contributed by atoms with Crippen molar-refractivity contribution in [1.29, 1.82) is 0 Å². The van der Waals surface area contributed by atoms with Crippen LogP contribution in [0.2, 0.25) is 78.6 Å². The Hall–Kier alpha value is 0.742. The van der Waals surface area contributed by atoms with Gasteiger partial charge in [0, 0.05) is 0 Å². The Bertz CT molecular complexity index is 319. The van der Waals surface area contributed by atoms with Crippen molar-refractivity contribution >= 4 is 40.3 Å². The summed E-state index contributed by atoms with van der Waals surface area (Å²) in [7, 11) is -8.27. The van der Waals surface area contributed by atoms with Crippen LogP contribution in [-0.2, 0) is 4.76 Å². The van der Waals surface area contributed by atoms with Gasteiger partial charge in [0.05, 0.1) is 0 Å². The summed E-state index contributed by atoms with van der Waals surface area (Å²) in [5, 5.41) is 0. The SMILES string of the molecule is C[Si](C)(C)N(OB(F)N([Si](C)(C)C)[Si](C)(C)C)[Si](C)(C)C. The average Bonchev–Trinajstić information content (AvgIpc) is 2.04. The molecule has 0 heterocycles. The molecule has 0 aromatic heterocycles. The van der Waals surface area contributed by atoms with Gasteiger partial charge in [-0.15, -0.1) is 0 Å². The quantitative estimate of drug-likeness (QED) is 0.475. The summed E-state index contributed by atoms with van der Waals surface area (Å²) < 4.78 is 25.3. The van der Waals surface area contributed by atoms with Gasteiger partial charge in [0.2, 0.25) is 0 Å². The van der Waals surface area contributed by atoms with E-state index in [1.165, 1.54) is 0 Å². The Morgan fingerprint density at radius 1 is 0.619 bits per heavy atom. The van der Waals surface area contributed by atoms with E-state index in [1.807, 2.05) is 0 Å². The number of rotatable bonds is 7. The van der Waals surface area contributed by atoms with E-state index in [9.17, 15) is 0 Å². The highest BCUT2D eigenvalue weighted by atomic mass is 28.4. The average molecular weight is 367 g/mol. The molecule has 3 nitrogen and oxygen atoms in total. The lowest BCUT2D eigenvalue weighted by molar-refractivity contribution is 0.0763. The summed E-state index contributed by atoms with van der Waals surface area (Å²) in [6.45, 7) is 26.6. The fourth-order valence-electron chi connectivity index (χ4n) is 3.07. The van der Waals surface area contributed by atoms with E-state index in [2.05, 4.69) is 87.1 Å². The Labute approximate surface area is 136 Å². The Morgan fingerprint density at radius 3 is 1.10 bits per heavy atom. The monoisotopic (exact) mass is 366 g/mol. The van der Waals surface area contributed by atoms with Crippen LogP contribution >= 0.6 is 0 Å². The maximum atomic E-state index is 15.1. The smallest absolute Gasteiger partial charge is 0.330 e. The third-order valence-electron chi connectivity index (χ3n) is 3.06. The zero-order valence-corrected chi connectivity index (χ0v) is 20.3. The molecule has 0 unspecified atom stereocenters. The molecule has 126 valence electrons. The standard InChI is InChI=1S/C12H36BFN2OSi4/c1-18(2,3)15(19(4,5)6)13(14)17-16(20(7,8)9)21(10,11)12/h1-12H3. The second-order valence-corrected chi connectivity index (χ2v) is 29.8.